The number of aryl methyl sites for hydroxylation is 1. The number of likely N-dealkylation sites (N-methyl/N-ethyl adjacent to an activating group) is 1. The molecule has 5 heteroatoms. The number of likely N-dealkylation sites (tertiary alicyclic amines) is 1. The van der Waals surface area contributed by atoms with E-state index < -0.39 is 0 Å². The van der Waals surface area contributed by atoms with Gasteiger partial charge in [0, 0.05) is 22.3 Å². The van der Waals surface area contributed by atoms with Crippen LogP contribution in [0.15, 0.2) is 54.7 Å². The molecule has 2 aliphatic rings. The molecule has 4 nitrogen and oxygen atoms in total. The molecule has 2 aromatic carbocycles. The number of thiocarbonyl (C=S) groups is 1. The fraction of sp³-hybridized carbons (Fsp3) is 0.423. The maximum Gasteiger partial charge on any atom is 0.161 e. The number of hydrogen-bond acceptors (Lipinski definition) is 5. The van der Waals surface area contributed by atoms with E-state index in [1.807, 2.05) is 25.1 Å². The van der Waals surface area contributed by atoms with Gasteiger partial charge in [-0.05, 0) is 81.6 Å². The molecule has 0 aliphatic carbocycles. The quantitative estimate of drug-likeness (QED) is 0.479. The summed E-state index contributed by atoms with van der Waals surface area (Å²) in [5.41, 5.74) is 4.59. The van der Waals surface area contributed by atoms with Crippen molar-refractivity contribution in [3.05, 3.63) is 65.9 Å². The number of nitrogens with zero attached hydrogens (tertiary/aromatic N) is 1. The van der Waals surface area contributed by atoms with E-state index in [0.717, 1.165) is 33.5 Å². The van der Waals surface area contributed by atoms with E-state index >= 15 is 0 Å². The standard InChI is InChI=1S/C16H24N2.C10H10O2S/c1-12-9-10-18(4)16(11-12)14(3)17-15-8-6-5-7-13(15)2;1-7(13)8-2-3-9-10(6-8)12-5-4-11-9/h5-8,12,16-17H,3,9-11H2,1-2,4H3;2-3,6H,4-5H2,1H3/t12?,16-;/m1./s1. The molecule has 166 valence electrons. The average molecular weight is 439 g/mol. The van der Waals surface area contributed by atoms with Crippen molar-refractivity contribution < 1.29 is 9.47 Å². The fourth-order valence-corrected chi connectivity index (χ4v) is 4.03. The summed E-state index contributed by atoms with van der Waals surface area (Å²) in [6.45, 7) is 13.0. The molecule has 0 aromatic heterocycles. The van der Waals surface area contributed by atoms with Crippen LogP contribution in [0, 0.1) is 12.8 Å². The lowest BCUT2D eigenvalue weighted by molar-refractivity contribution is 0.171. The summed E-state index contributed by atoms with van der Waals surface area (Å²) in [6, 6.07) is 14.6. The number of hydrogen-bond donors (Lipinski definition) is 1. The summed E-state index contributed by atoms with van der Waals surface area (Å²) in [4.78, 5) is 3.28. The van der Waals surface area contributed by atoms with Gasteiger partial charge in [0.2, 0.25) is 0 Å². The largest absolute Gasteiger partial charge is 0.486 e. The number of anilines is 1. The first-order valence-electron chi connectivity index (χ1n) is 11.0. The van der Waals surface area contributed by atoms with Crippen LogP contribution in [0.25, 0.3) is 0 Å². The van der Waals surface area contributed by atoms with Gasteiger partial charge < -0.3 is 14.8 Å². The Morgan fingerprint density at radius 3 is 2.55 bits per heavy atom. The Hall–Kier alpha value is -2.37. The number of fused-ring (bicyclic) bond motifs is 1. The first-order chi connectivity index (χ1) is 14.8. The predicted octanol–water partition coefficient (Wildman–Crippen LogP) is 5.85. The highest BCUT2D eigenvalue weighted by Gasteiger charge is 2.25. The van der Waals surface area contributed by atoms with E-state index in [4.69, 9.17) is 21.7 Å². The normalized spacial score (nSPS) is 20.3. The topological polar surface area (TPSA) is 33.7 Å². The van der Waals surface area contributed by atoms with E-state index in [1.54, 1.807) is 0 Å². The van der Waals surface area contributed by atoms with Crippen molar-refractivity contribution in [3.8, 4) is 11.5 Å². The minimum atomic E-state index is 0.452. The molecule has 1 unspecified atom stereocenters. The van der Waals surface area contributed by atoms with Crippen LogP contribution in [0.1, 0.15) is 37.8 Å². The fourth-order valence-electron chi connectivity index (χ4n) is 3.90. The molecular weight excluding hydrogens is 404 g/mol. The second-order valence-electron chi connectivity index (χ2n) is 8.51. The number of piperidine rings is 1. The third-order valence-corrected chi connectivity index (χ3v) is 6.16. The molecule has 31 heavy (non-hydrogen) atoms. The highest BCUT2D eigenvalue weighted by molar-refractivity contribution is 7.80. The van der Waals surface area contributed by atoms with Crippen molar-refractivity contribution in [2.24, 2.45) is 5.92 Å². The lowest BCUT2D eigenvalue weighted by Crippen LogP contribution is -2.41. The smallest absolute Gasteiger partial charge is 0.161 e. The second-order valence-corrected chi connectivity index (χ2v) is 9.12. The molecule has 2 aromatic rings. The summed E-state index contributed by atoms with van der Waals surface area (Å²) in [7, 11) is 2.20. The third-order valence-electron chi connectivity index (χ3n) is 5.92. The lowest BCUT2D eigenvalue weighted by Gasteiger charge is -2.37. The molecule has 0 radical (unpaired) electrons. The molecule has 1 N–H and O–H groups in total. The van der Waals surface area contributed by atoms with Crippen molar-refractivity contribution in [2.45, 2.75) is 39.7 Å². The van der Waals surface area contributed by atoms with Crippen LogP contribution in [0.5, 0.6) is 11.5 Å². The first-order valence-corrected chi connectivity index (χ1v) is 11.4. The zero-order chi connectivity index (χ0) is 22.4. The Balaban J connectivity index is 0.000000185. The molecule has 0 spiro atoms. The zero-order valence-corrected chi connectivity index (χ0v) is 19.9. The van der Waals surface area contributed by atoms with Crippen LogP contribution < -0.4 is 14.8 Å². The molecule has 1 saturated heterocycles. The van der Waals surface area contributed by atoms with Gasteiger partial charge in [0.15, 0.2) is 11.5 Å². The van der Waals surface area contributed by atoms with Gasteiger partial charge in [-0.1, -0.05) is 43.9 Å². The molecule has 2 heterocycles. The van der Waals surface area contributed by atoms with Crippen molar-refractivity contribution in [1.29, 1.82) is 0 Å². The van der Waals surface area contributed by atoms with E-state index in [2.05, 4.69) is 62.0 Å². The number of para-hydroxylation sites is 1. The van der Waals surface area contributed by atoms with Crippen LogP contribution in [0.2, 0.25) is 0 Å². The average Bonchev–Trinajstić information content (AvgIpc) is 2.77. The van der Waals surface area contributed by atoms with Gasteiger partial charge in [0.25, 0.3) is 0 Å². The van der Waals surface area contributed by atoms with E-state index in [0.29, 0.717) is 19.3 Å². The molecule has 4 rings (SSSR count). The number of nitrogens with one attached hydrogen (secondary N) is 1. The monoisotopic (exact) mass is 438 g/mol. The first kappa shape index (κ1) is 23.3. The lowest BCUT2D eigenvalue weighted by atomic mass is 9.91. The maximum absolute atomic E-state index is 5.43. The van der Waals surface area contributed by atoms with Crippen molar-refractivity contribution in [2.75, 3.05) is 32.1 Å². The predicted molar refractivity (Wildman–Crippen MR) is 134 cm³/mol. The number of benzene rings is 2. The summed E-state index contributed by atoms with van der Waals surface area (Å²) in [5, 5.41) is 3.49. The number of rotatable bonds is 4. The minimum absolute atomic E-state index is 0.452. The minimum Gasteiger partial charge on any atom is -0.486 e. The van der Waals surface area contributed by atoms with Gasteiger partial charge >= 0.3 is 0 Å². The van der Waals surface area contributed by atoms with Gasteiger partial charge in [0.1, 0.15) is 13.2 Å². The van der Waals surface area contributed by atoms with Gasteiger partial charge in [-0.25, -0.2) is 0 Å². The van der Waals surface area contributed by atoms with E-state index in [-0.39, 0.29) is 0 Å². The molecular formula is C26H34N2O2S. The van der Waals surface area contributed by atoms with Crippen LogP contribution >= 0.6 is 12.2 Å². The molecule has 0 amide bonds. The summed E-state index contributed by atoms with van der Waals surface area (Å²) < 4.78 is 10.8. The summed E-state index contributed by atoms with van der Waals surface area (Å²) in [6.07, 6.45) is 2.50. The van der Waals surface area contributed by atoms with Crippen LogP contribution in [-0.2, 0) is 0 Å². The second kappa shape index (κ2) is 10.8. The highest BCUT2D eigenvalue weighted by atomic mass is 32.1. The SMILES string of the molecule is C=C(Nc1ccccc1C)[C@H]1CC(C)CCN1C.CC(=S)c1ccc2c(c1)OCCO2. The Kier molecular flexibility index (Phi) is 8.10. The molecule has 0 bridgehead atoms. The van der Waals surface area contributed by atoms with Gasteiger partial charge in [-0.3, -0.25) is 4.90 Å². The number of ether oxygens (including phenoxy) is 2. The van der Waals surface area contributed by atoms with E-state index in [1.165, 1.54) is 30.6 Å². The Morgan fingerprint density at radius 1 is 1.13 bits per heavy atom. The van der Waals surface area contributed by atoms with E-state index in [9.17, 15) is 0 Å². The van der Waals surface area contributed by atoms with Crippen LogP contribution in [0.4, 0.5) is 5.69 Å². The third kappa shape index (κ3) is 6.31. The van der Waals surface area contributed by atoms with Gasteiger partial charge in [-0.15, -0.1) is 0 Å². The molecule has 2 atom stereocenters. The summed E-state index contributed by atoms with van der Waals surface area (Å²) >= 11 is 5.07. The molecule has 2 aliphatic heterocycles. The Labute approximate surface area is 192 Å². The Morgan fingerprint density at radius 2 is 1.84 bits per heavy atom. The molecule has 0 saturated carbocycles. The van der Waals surface area contributed by atoms with Gasteiger partial charge in [0.05, 0.1) is 0 Å². The maximum atomic E-state index is 5.43. The van der Waals surface area contributed by atoms with Crippen molar-refractivity contribution >= 4 is 22.8 Å². The van der Waals surface area contributed by atoms with Crippen LogP contribution in [0.3, 0.4) is 0 Å². The highest BCUT2D eigenvalue weighted by Crippen LogP contribution is 2.31. The van der Waals surface area contributed by atoms with Crippen LogP contribution in [-0.4, -0.2) is 42.6 Å². The zero-order valence-electron chi connectivity index (χ0n) is 19.1. The van der Waals surface area contributed by atoms with Crippen molar-refractivity contribution in [1.82, 2.24) is 4.90 Å². The van der Waals surface area contributed by atoms with Crippen molar-refractivity contribution in [3.63, 3.8) is 0 Å². The molecule has 1 fully saturated rings. The van der Waals surface area contributed by atoms with Gasteiger partial charge in [-0.2, -0.15) is 0 Å². The Bertz CT molecular complexity index is 927. The summed E-state index contributed by atoms with van der Waals surface area (Å²) in [5.74, 6) is 2.40.